The van der Waals surface area contributed by atoms with Crippen LogP contribution in [0.5, 0.6) is 0 Å². The molecular weight excluding hydrogens is 378 g/mol. The number of hydrogen-bond donors (Lipinski definition) is 1. The minimum absolute atomic E-state index is 0.0995. The quantitative estimate of drug-likeness (QED) is 0.618. The maximum absolute atomic E-state index is 13.1. The van der Waals surface area contributed by atoms with Gasteiger partial charge in [-0.3, -0.25) is 14.5 Å². The highest BCUT2D eigenvalue weighted by Crippen LogP contribution is 2.09. The second-order valence-corrected chi connectivity index (χ2v) is 7.70. The number of hydrogen-bond acceptors (Lipinski definition) is 4. The first-order chi connectivity index (χ1) is 14.4. The van der Waals surface area contributed by atoms with E-state index < -0.39 is 6.04 Å². The van der Waals surface area contributed by atoms with Crippen molar-refractivity contribution in [3.05, 3.63) is 71.8 Å². The van der Waals surface area contributed by atoms with Crippen LogP contribution in [0.15, 0.2) is 60.7 Å². The van der Waals surface area contributed by atoms with Crippen molar-refractivity contribution in [3.63, 3.8) is 0 Å². The Hall–Kier alpha value is -2.70. The van der Waals surface area contributed by atoms with E-state index >= 15 is 0 Å². The number of benzene rings is 2. The summed E-state index contributed by atoms with van der Waals surface area (Å²) in [5.41, 5.74) is 2.18. The lowest BCUT2D eigenvalue weighted by Gasteiger charge is -2.29. The third-order valence-electron chi connectivity index (χ3n) is 4.86. The van der Waals surface area contributed by atoms with Crippen LogP contribution in [0.2, 0.25) is 0 Å². The zero-order chi connectivity index (χ0) is 21.9. The second kappa shape index (κ2) is 12.1. The molecule has 6 heteroatoms. The third kappa shape index (κ3) is 7.97. The van der Waals surface area contributed by atoms with Crippen LogP contribution in [0.3, 0.4) is 0 Å². The highest BCUT2D eigenvalue weighted by Gasteiger charge is 2.24. The lowest BCUT2D eigenvalue weighted by Crippen LogP contribution is -2.50. The molecule has 0 spiro atoms. The van der Waals surface area contributed by atoms with Crippen LogP contribution in [-0.4, -0.2) is 61.0 Å². The number of rotatable bonds is 11. The predicted octanol–water partition coefficient (Wildman–Crippen LogP) is 2.69. The van der Waals surface area contributed by atoms with Crippen molar-refractivity contribution in [1.82, 2.24) is 15.1 Å². The zero-order valence-electron chi connectivity index (χ0n) is 18.4. The normalized spacial score (nSPS) is 13.0. The Morgan fingerprint density at radius 2 is 1.47 bits per heavy atom. The smallest absolute Gasteiger partial charge is 0.245 e. The number of ether oxygens (including phenoxy) is 1. The number of carbonyl (C=O) groups is 2. The summed E-state index contributed by atoms with van der Waals surface area (Å²) < 4.78 is 5.35. The number of likely N-dealkylation sites (N-methyl/N-ethyl adjacent to an activating group) is 1. The van der Waals surface area contributed by atoms with Crippen molar-refractivity contribution in [3.8, 4) is 0 Å². The summed E-state index contributed by atoms with van der Waals surface area (Å²) in [6.07, 6.45) is -0.0995. The van der Waals surface area contributed by atoms with Gasteiger partial charge in [-0.1, -0.05) is 60.7 Å². The van der Waals surface area contributed by atoms with Crippen molar-refractivity contribution in [2.45, 2.75) is 39.1 Å². The molecule has 0 saturated heterocycles. The average Bonchev–Trinajstić information content (AvgIpc) is 2.73. The standard InChI is InChI=1S/C24H33N3O3/c1-19(30-4)15-27(17-22-13-9-6-10-14-22)24(29)20(2)25-23(28)18-26(3)16-21-11-7-5-8-12-21/h5-14,19-20H,15-18H2,1-4H3,(H,25,28). The van der Waals surface area contributed by atoms with Crippen LogP contribution in [0, 0.1) is 0 Å². The van der Waals surface area contributed by atoms with E-state index in [1.807, 2.05) is 79.5 Å². The molecule has 2 aromatic carbocycles. The molecule has 0 aliphatic carbocycles. The minimum atomic E-state index is -0.615. The van der Waals surface area contributed by atoms with Gasteiger partial charge in [0.05, 0.1) is 12.6 Å². The largest absolute Gasteiger partial charge is 0.380 e. The van der Waals surface area contributed by atoms with Gasteiger partial charge in [0.15, 0.2) is 0 Å². The summed E-state index contributed by atoms with van der Waals surface area (Å²) in [6.45, 7) is 5.47. The number of carbonyl (C=O) groups excluding carboxylic acids is 2. The maximum atomic E-state index is 13.1. The van der Waals surface area contributed by atoms with E-state index in [0.29, 0.717) is 19.6 Å². The summed E-state index contributed by atoms with van der Waals surface area (Å²) >= 11 is 0. The van der Waals surface area contributed by atoms with Crippen molar-refractivity contribution < 1.29 is 14.3 Å². The molecule has 0 saturated carbocycles. The van der Waals surface area contributed by atoms with Crippen molar-refractivity contribution in [2.75, 3.05) is 27.2 Å². The lowest BCUT2D eigenvalue weighted by molar-refractivity contribution is -0.138. The van der Waals surface area contributed by atoms with Crippen LogP contribution in [-0.2, 0) is 27.4 Å². The van der Waals surface area contributed by atoms with Gasteiger partial charge in [-0.15, -0.1) is 0 Å². The Morgan fingerprint density at radius 3 is 2.00 bits per heavy atom. The molecule has 0 fully saturated rings. The van der Waals surface area contributed by atoms with Gasteiger partial charge in [-0.05, 0) is 32.0 Å². The Bertz CT molecular complexity index is 783. The lowest BCUT2D eigenvalue weighted by atomic mass is 10.1. The van der Waals surface area contributed by atoms with Gasteiger partial charge < -0.3 is 15.0 Å². The van der Waals surface area contributed by atoms with Crippen LogP contribution in [0.25, 0.3) is 0 Å². The molecule has 0 aromatic heterocycles. The van der Waals surface area contributed by atoms with Crippen LogP contribution < -0.4 is 5.32 Å². The fourth-order valence-corrected chi connectivity index (χ4v) is 3.24. The minimum Gasteiger partial charge on any atom is -0.380 e. The molecule has 2 atom stereocenters. The van der Waals surface area contributed by atoms with Gasteiger partial charge in [0.25, 0.3) is 0 Å². The molecule has 2 aromatic rings. The van der Waals surface area contributed by atoms with Crippen LogP contribution >= 0.6 is 0 Å². The van der Waals surface area contributed by atoms with Gasteiger partial charge in [0.2, 0.25) is 11.8 Å². The topological polar surface area (TPSA) is 61.9 Å². The number of amides is 2. The third-order valence-corrected chi connectivity index (χ3v) is 4.86. The summed E-state index contributed by atoms with van der Waals surface area (Å²) in [5.74, 6) is -0.296. The van der Waals surface area contributed by atoms with Gasteiger partial charge in [-0.2, -0.15) is 0 Å². The van der Waals surface area contributed by atoms with E-state index in [4.69, 9.17) is 4.74 Å². The molecule has 2 rings (SSSR count). The van der Waals surface area contributed by atoms with Gasteiger partial charge in [0.1, 0.15) is 6.04 Å². The Labute approximate surface area is 179 Å². The zero-order valence-corrected chi connectivity index (χ0v) is 18.4. The number of nitrogens with zero attached hydrogens (tertiary/aromatic N) is 2. The summed E-state index contributed by atoms with van der Waals surface area (Å²) in [6, 6.07) is 19.2. The Morgan fingerprint density at radius 1 is 0.933 bits per heavy atom. The molecule has 2 unspecified atom stereocenters. The first-order valence-corrected chi connectivity index (χ1v) is 10.3. The van der Waals surface area contributed by atoms with E-state index in [1.165, 1.54) is 0 Å². The van der Waals surface area contributed by atoms with Crippen molar-refractivity contribution >= 4 is 11.8 Å². The molecule has 0 radical (unpaired) electrons. The summed E-state index contributed by atoms with van der Waals surface area (Å²) in [7, 11) is 3.52. The maximum Gasteiger partial charge on any atom is 0.245 e. The molecule has 0 aliphatic rings. The monoisotopic (exact) mass is 411 g/mol. The van der Waals surface area contributed by atoms with Crippen molar-refractivity contribution in [2.24, 2.45) is 0 Å². The van der Waals surface area contributed by atoms with Crippen molar-refractivity contribution in [1.29, 1.82) is 0 Å². The predicted molar refractivity (Wildman–Crippen MR) is 119 cm³/mol. The van der Waals surface area contributed by atoms with E-state index in [-0.39, 0.29) is 24.5 Å². The van der Waals surface area contributed by atoms with E-state index in [9.17, 15) is 9.59 Å². The average molecular weight is 412 g/mol. The SMILES string of the molecule is COC(C)CN(Cc1ccccc1)C(=O)C(C)NC(=O)CN(C)Cc1ccccc1. The van der Waals surface area contributed by atoms with Crippen LogP contribution in [0.4, 0.5) is 0 Å². The molecule has 162 valence electrons. The summed E-state index contributed by atoms with van der Waals surface area (Å²) in [5, 5.41) is 2.84. The molecule has 6 nitrogen and oxygen atoms in total. The van der Waals surface area contributed by atoms with E-state index in [2.05, 4.69) is 5.32 Å². The van der Waals surface area contributed by atoms with E-state index in [0.717, 1.165) is 11.1 Å². The molecule has 30 heavy (non-hydrogen) atoms. The number of nitrogens with one attached hydrogen (secondary N) is 1. The fraction of sp³-hybridized carbons (Fsp3) is 0.417. The molecular formula is C24H33N3O3. The van der Waals surface area contributed by atoms with Gasteiger partial charge >= 0.3 is 0 Å². The van der Waals surface area contributed by atoms with Gasteiger partial charge in [0, 0.05) is 26.7 Å². The summed E-state index contributed by atoms with van der Waals surface area (Å²) in [4.78, 5) is 29.2. The molecule has 1 N–H and O–H groups in total. The molecule has 2 amide bonds. The highest BCUT2D eigenvalue weighted by atomic mass is 16.5. The van der Waals surface area contributed by atoms with Crippen LogP contribution in [0.1, 0.15) is 25.0 Å². The van der Waals surface area contributed by atoms with E-state index in [1.54, 1.807) is 18.9 Å². The second-order valence-electron chi connectivity index (χ2n) is 7.70. The number of methoxy groups -OCH3 is 1. The first kappa shape index (κ1) is 23.6. The molecule has 0 heterocycles. The first-order valence-electron chi connectivity index (χ1n) is 10.3. The molecule has 0 aliphatic heterocycles. The highest BCUT2D eigenvalue weighted by molar-refractivity contribution is 5.88. The molecule has 0 bridgehead atoms. The van der Waals surface area contributed by atoms with Gasteiger partial charge in [-0.25, -0.2) is 0 Å². The Balaban J connectivity index is 1.93. The fourth-order valence-electron chi connectivity index (χ4n) is 3.24. The Kier molecular flexibility index (Phi) is 9.51.